The molecular formula is C10H8NSe. The fourth-order valence-corrected chi connectivity index (χ4v) is 1.79. The molecule has 0 unspecified atom stereocenters. The van der Waals surface area contributed by atoms with Crippen molar-refractivity contribution in [2.24, 2.45) is 0 Å². The molecule has 0 fully saturated rings. The molecule has 12 heavy (non-hydrogen) atoms. The van der Waals surface area contributed by atoms with Crippen LogP contribution in [-0.4, -0.2) is 21.0 Å². The molecule has 1 aromatic carbocycles. The van der Waals surface area contributed by atoms with Crippen molar-refractivity contribution in [1.29, 1.82) is 0 Å². The van der Waals surface area contributed by atoms with Gasteiger partial charge in [0.15, 0.2) is 0 Å². The molecule has 0 N–H and O–H groups in total. The first-order valence-electron chi connectivity index (χ1n) is 3.80. The van der Waals surface area contributed by atoms with Crippen LogP contribution in [0.5, 0.6) is 0 Å². The minimum absolute atomic E-state index is 1.07. The van der Waals surface area contributed by atoms with Gasteiger partial charge in [0.1, 0.15) is 0 Å². The Hall–Kier alpha value is -0.851. The standard InChI is InChI=1S/C10H8NSe/c1-7-5-6-11-10-8(7)3-2-4-9(10)12/h2-6H,1H3. The Kier molecular flexibility index (Phi) is 1.87. The van der Waals surface area contributed by atoms with E-state index in [2.05, 4.69) is 34.0 Å². The molecular weight excluding hydrogens is 213 g/mol. The third-order valence-corrected chi connectivity index (χ3v) is 2.64. The first-order chi connectivity index (χ1) is 5.79. The van der Waals surface area contributed by atoms with Crippen LogP contribution in [0.15, 0.2) is 30.5 Å². The zero-order valence-electron chi connectivity index (χ0n) is 6.74. The van der Waals surface area contributed by atoms with E-state index >= 15 is 0 Å². The van der Waals surface area contributed by atoms with Gasteiger partial charge in [0, 0.05) is 0 Å². The Labute approximate surface area is 79.6 Å². The minimum atomic E-state index is 1.07. The van der Waals surface area contributed by atoms with Gasteiger partial charge in [0.25, 0.3) is 0 Å². The maximum absolute atomic E-state index is 4.31. The molecule has 0 bridgehead atoms. The van der Waals surface area contributed by atoms with Gasteiger partial charge in [-0.3, -0.25) is 0 Å². The number of nitrogens with zero attached hydrogens (tertiary/aromatic N) is 1. The summed E-state index contributed by atoms with van der Waals surface area (Å²) in [6, 6.07) is 8.21. The van der Waals surface area contributed by atoms with Gasteiger partial charge >= 0.3 is 79.3 Å². The van der Waals surface area contributed by atoms with Crippen molar-refractivity contribution in [3.8, 4) is 0 Å². The summed E-state index contributed by atoms with van der Waals surface area (Å²) in [6.45, 7) is 2.10. The molecule has 0 amide bonds. The van der Waals surface area contributed by atoms with Crippen molar-refractivity contribution in [3.63, 3.8) is 0 Å². The SMILES string of the molecule is Cc1ccnc2c([Se])cccc12. The van der Waals surface area contributed by atoms with Gasteiger partial charge in [-0.2, -0.15) is 0 Å². The second-order valence-corrected chi connectivity index (χ2v) is 3.70. The van der Waals surface area contributed by atoms with Crippen molar-refractivity contribution in [1.82, 2.24) is 4.98 Å². The molecule has 2 heteroatoms. The van der Waals surface area contributed by atoms with Crippen LogP contribution in [0.2, 0.25) is 0 Å². The fourth-order valence-electron chi connectivity index (χ4n) is 1.29. The number of benzene rings is 1. The Bertz CT molecular complexity index is 382. The number of fused-ring (bicyclic) bond motifs is 1. The molecule has 0 aliphatic carbocycles. The average Bonchev–Trinajstić information content (AvgIpc) is 2.07. The summed E-state index contributed by atoms with van der Waals surface area (Å²) >= 11 is 3.01. The van der Waals surface area contributed by atoms with E-state index in [9.17, 15) is 0 Å². The van der Waals surface area contributed by atoms with Crippen molar-refractivity contribution in [2.75, 3.05) is 0 Å². The molecule has 2 aromatic rings. The summed E-state index contributed by atoms with van der Waals surface area (Å²) in [6.07, 6.45) is 1.85. The number of hydrogen-bond acceptors (Lipinski definition) is 1. The van der Waals surface area contributed by atoms with Gasteiger partial charge in [0.05, 0.1) is 0 Å². The monoisotopic (exact) mass is 222 g/mol. The van der Waals surface area contributed by atoms with Gasteiger partial charge in [-0.1, -0.05) is 0 Å². The predicted octanol–water partition coefficient (Wildman–Crippen LogP) is 1.34. The topological polar surface area (TPSA) is 12.9 Å². The number of hydrogen-bond donors (Lipinski definition) is 0. The van der Waals surface area contributed by atoms with E-state index in [1.165, 1.54) is 10.9 Å². The average molecular weight is 221 g/mol. The summed E-state index contributed by atoms with van der Waals surface area (Å²) < 4.78 is 1.12. The van der Waals surface area contributed by atoms with E-state index in [4.69, 9.17) is 0 Å². The summed E-state index contributed by atoms with van der Waals surface area (Å²) in [7, 11) is 0. The molecule has 1 nitrogen and oxygen atoms in total. The van der Waals surface area contributed by atoms with Crippen LogP contribution in [0.4, 0.5) is 0 Å². The van der Waals surface area contributed by atoms with Crippen molar-refractivity contribution >= 4 is 31.4 Å². The summed E-state index contributed by atoms with van der Waals surface area (Å²) in [5, 5.41) is 1.23. The van der Waals surface area contributed by atoms with Crippen LogP contribution in [0.1, 0.15) is 5.56 Å². The quantitative estimate of drug-likeness (QED) is 0.612. The van der Waals surface area contributed by atoms with Crippen LogP contribution in [0.3, 0.4) is 0 Å². The van der Waals surface area contributed by atoms with Crippen LogP contribution in [-0.2, 0) is 0 Å². The second-order valence-electron chi connectivity index (χ2n) is 2.78. The Morgan fingerprint density at radius 3 is 2.83 bits per heavy atom. The van der Waals surface area contributed by atoms with E-state index < -0.39 is 0 Å². The van der Waals surface area contributed by atoms with Gasteiger partial charge < -0.3 is 0 Å². The number of para-hydroxylation sites is 1. The normalized spacial score (nSPS) is 10.4. The second kappa shape index (κ2) is 2.89. The molecule has 2 rings (SSSR count). The number of aromatic nitrogens is 1. The first-order valence-corrected chi connectivity index (χ1v) is 4.66. The van der Waals surface area contributed by atoms with Crippen LogP contribution in [0, 0.1) is 6.92 Å². The third kappa shape index (κ3) is 1.13. The predicted molar refractivity (Wildman–Crippen MR) is 51.9 cm³/mol. The molecule has 0 aliphatic rings. The summed E-state index contributed by atoms with van der Waals surface area (Å²) in [5.41, 5.74) is 2.34. The zero-order chi connectivity index (χ0) is 8.55. The molecule has 0 atom stereocenters. The molecule has 0 aliphatic heterocycles. The third-order valence-electron chi connectivity index (χ3n) is 1.95. The summed E-state index contributed by atoms with van der Waals surface area (Å²) in [5.74, 6) is 0. The van der Waals surface area contributed by atoms with Crippen molar-refractivity contribution < 1.29 is 0 Å². The van der Waals surface area contributed by atoms with Gasteiger partial charge in [-0.25, -0.2) is 0 Å². The Balaban J connectivity index is 2.94. The van der Waals surface area contributed by atoms with Gasteiger partial charge in [0.2, 0.25) is 0 Å². The van der Waals surface area contributed by atoms with Crippen molar-refractivity contribution in [2.45, 2.75) is 6.92 Å². The van der Waals surface area contributed by atoms with E-state index in [-0.39, 0.29) is 0 Å². The van der Waals surface area contributed by atoms with E-state index in [0.29, 0.717) is 0 Å². The molecule has 1 heterocycles. The Morgan fingerprint density at radius 1 is 1.25 bits per heavy atom. The van der Waals surface area contributed by atoms with Crippen LogP contribution < -0.4 is 4.46 Å². The molecule has 0 saturated carbocycles. The molecule has 1 aromatic heterocycles. The van der Waals surface area contributed by atoms with Gasteiger partial charge in [-0.05, 0) is 0 Å². The number of aryl methyl sites for hydroxylation is 1. The summed E-state index contributed by atoms with van der Waals surface area (Å²) in [4.78, 5) is 4.31. The molecule has 0 saturated heterocycles. The zero-order valence-corrected chi connectivity index (χ0v) is 8.46. The van der Waals surface area contributed by atoms with Crippen LogP contribution in [0.25, 0.3) is 10.9 Å². The first kappa shape index (κ1) is 7.78. The van der Waals surface area contributed by atoms with E-state index in [0.717, 1.165) is 9.98 Å². The van der Waals surface area contributed by atoms with Gasteiger partial charge in [-0.15, -0.1) is 0 Å². The van der Waals surface area contributed by atoms with Crippen molar-refractivity contribution in [3.05, 3.63) is 36.0 Å². The molecule has 0 spiro atoms. The molecule has 59 valence electrons. The number of rotatable bonds is 0. The molecule has 1 radical (unpaired) electrons. The van der Waals surface area contributed by atoms with Crippen LogP contribution >= 0.6 is 0 Å². The Morgan fingerprint density at radius 2 is 2.08 bits per heavy atom. The number of pyridine rings is 1. The maximum atomic E-state index is 4.31. The fraction of sp³-hybridized carbons (Fsp3) is 0.100. The van der Waals surface area contributed by atoms with E-state index in [1.54, 1.807) is 0 Å². The van der Waals surface area contributed by atoms with E-state index in [1.807, 2.05) is 24.4 Å².